The number of halogens is 3. The van der Waals surface area contributed by atoms with Crippen molar-refractivity contribution in [3.63, 3.8) is 0 Å². The van der Waals surface area contributed by atoms with Gasteiger partial charge in [0.1, 0.15) is 0 Å². The van der Waals surface area contributed by atoms with E-state index in [0.717, 1.165) is 11.1 Å². The summed E-state index contributed by atoms with van der Waals surface area (Å²) in [5.74, 6) is -1.12. The van der Waals surface area contributed by atoms with Gasteiger partial charge >= 0.3 is 12.1 Å². The molecule has 1 aliphatic heterocycles. The van der Waals surface area contributed by atoms with Crippen LogP contribution < -0.4 is 4.90 Å². The Labute approximate surface area is 127 Å². The third-order valence-electron chi connectivity index (χ3n) is 2.80. The van der Waals surface area contributed by atoms with Crippen molar-refractivity contribution in [1.29, 1.82) is 5.26 Å². The second-order valence-electron chi connectivity index (χ2n) is 4.38. The zero-order valence-corrected chi connectivity index (χ0v) is 12.2. The quantitative estimate of drug-likeness (QED) is 0.629. The van der Waals surface area contributed by atoms with Crippen molar-refractivity contribution in [2.45, 2.75) is 12.6 Å². The van der Waals surface area contributed by atoms with Gasteiger partial charge in [-0.05, 0) is 18.2 Å². The molecule has 1 aromatic heterocycles. The molecule has 0 unspecified atom stereocenters. The molecule has 0 aliphatic carbocycles. The van der Waals surface area contributed by atoms with E-state index in [4.69, 9.17) is 5.26 Å². The van der Waals surface area contributed by atoms with Crippen molar-refractivity contribution in [2.24, 2.45) is 5.16 Å². The molecule has 0 aromatic carbocycles. The first-order valence-corrected chi connectivity index (χ1v) is 6.91. The van der Waals surface area contributed by atoms with E-state index in [9.17, 15) is 18.0 Å². The van der Waals surface area contributed by atoms with Gasteiger partial charge in [-0.25, -0.2) is 4.79 Å². The third-order valence-corrected chi connectivity index (χ3v) is 3.94. The molecule has 22 heavy (non-hydrogen) atoms. The second kappa shape index (κ2) is 6.19. The molecule has 2 rings (SSSR count). The topological polar surface area (TPSA) is 65.7 Å². The van der Waals surface area contributed by atoms with Gasteiger partial charge in [-0.2, -0.15) is 18.4 Å². The number of hydrogen-bond donors (Lipinski definition) is 0. The number of carbonyl (C=O) groups is 1. The Balaban J connectivity index is 2.23. The molecule has 116 valence electrons. The minimum absolute atomic E-state index is 0.335. The Hall–Kier alpha value is -2.34. The van der Waals surface area contributed by atoms with Crippen LogP contribution in [-0.2, 0) is 9.63 Å². The van der Waals surface area contributed by atoms with Crippen LogP contribution in [0.5, 0.6) is 0 Å². The summed E-state index contributed by atoms with van der Waals surface area (Å²) in [6.45, 7) is 0.504. The summed E-state index contributed by atoms with van der Waals surface area (Å²) in [7, 11) is 1.77. The molecule has 0 radical (unpaired) electrons. The average Bonchev–Trinajstić information content (AvgIpc) is 3.04. The Bertz CT molecular complexity index is 685. The van der Waals surface area contributed by atoms with Crippen LogP contribution >= 0.6 is 11.3 Å². The molecule has 0 bridgehead atoms. The fourth-order valence-corrected chi connectivity index (χ4v) is 2.65. The maximum atomic E-state index is 12.7. The molecule has 1 aliphatic rings. The maximum absolute atomic E-state index is 12.7. The summed E-state index contributed by atoms with van der Waals surface area (Å²) in [4.78, 5) is 17.7. The number of carbonyl (C=O) groups excluding carboxylic acids is 1. The van der Waals surface area contributed by atoms with Crippen LogP contribution in [0.1, 0.15) is 11.3 Å². The summed E-state index contributed by atoms with van der Waals surface area (Å²) < 4.78 is 38.2. The molecule has 9 heteroatoms. The first-order valence-electron chi connectivity index (χ1n) is 6.09. The van der Waals surface area contributed by atoms with Gasteiger partial charge in [-0.3, -0.25) is 0 Å². The lowest BCUT2D eigenvalue weighted by molar-refractivity contribution is -0.136. The first kappa shape index (κ1) is 16.0. The fourth-order valence-electron chi connectivity index (χ4n) is 1.71. The highest BCUT2D eigenvalue weighted by Crippen LogP contribution is 2.31. The highest BCUT2D eigenvalue weighted by atomic mass is 32.1. The zero-order chi connectivity index (χ0) is 16.3. The summed E-state index contributed by atoms with van der Waals surface area (Å²) in [5, 5.41) is 12.1. The number of anilines is 1. The standard InChI is InChI=1S/C13H10F3N3O2S/c1-19(6-2-5-17)10-4-3-8(22-10)7-9-11(13(14,15)16)18-21-12(9)20/h3-4,7H,2,6H2,1H3. The number of thiophene rings is 1. The van der Waals surface area contributed by atoms with Gasteiger partial charge in [0, 0.05) is 18.5 Å². The average molecular weight is 329 g/mol. The minimum atomic E-state index is -4.75. The van der Waals surface area contributed by atoms with Gasteiger partial charge in [-0.1, -0.05) is 5.16 Å². The maximum Gasteiger partial charge on any atom is 0.437 e. The molecule has 0 spiro atoms. The molecule has 2 heterocycles. The molecule has 5 nitrogen and oxygen atoms in total. The van der Waals surface area contributed by atoms with E-state index in [1.54, 1.807) is 19.2 Å². The molecular weight excluding hydrogens is 319 g/mol. The van der Waals surface area contributed by atoms with Crippen molar-refractivity contribution in [3.8, 4) is 6.07 Å². The van der Waals surface area contributed by atoms with Crippen LogP contribution in [0.4, 0.5) is 18.2 Å². The molecule has 0 N–H and O–H groups in total. The normalized spacial score (nSPS) is 16.4. The predicted octanol–water partition coefficient (Wildman–Crippen LogP) is 2.96. The lowest BCUT2D eigenvalue weighted by atomic mass is 10.1. The summed E-state index contributed by atoms with van der Waals surface area (Å²) in [6, 6.07) is 5.31. The fraction of sp³-hybridized carbons (Fsp3) is 0.308. The number of hydrogen-bond acceptors (Lipinski definition) is 6. The molecule has 1 aromatic rings. The van der Waals surface area contributed by atoms with Gasteiger partial charge in [0.2, 0.25) is 0 Å². The minimum Gasteiger partial charge on any atom is -0.365 e. The van der Waals surface area contributed by atoms with E-state index < -0.39 is 23.4 Å². The van der Waals surface area contributed by atoms with E-state index in [0.29, 0.717) is 17.8 Å². The molecular formula is C13H10F3N3O2S. The highest BCUT2D eigenvalue weighted by molar-refractivity contribution is 7.17. The SMILES string of the molecule is CN(CCC#N)c1ccc(C=C2C(=O)ON=C2C(F)(F)F)s1. The Morgan fingerprint density at radius 3 is 2.86 bits per heavy atom. The van der Waals surface area contributed by atoms with Gasteiger partial charge in [-0.15, -0.1) is 11.3 Å². The number of nitriles is 1. The van der Waals surface area contributed by atoms with E-state index in [-0.39, 0.29) is 0 Å². The number of oxime groups is 1. The predicted molar refractivity (Wildman–Crippen MR) is 75.4 cm³/mol. The van der Waals surface area contributed by atoms with Gasteiger partial charge in [0.25, 0.3) is 0 Å². The largest absolute Gasteiger partial charge is 0.437 e. The van der Waals surface area contributed by atoms with Crippen LogP contribution in [0.25, 0.3) is 6.08 Å². The molecule has 0 amide bonds. The molecule has 0 saturated carbocycles. The van der Waals surface area contributed by atoms with E-state index >= 15 is 0 Å². The monoisotopic (exact) mass is 329 g/mol. The Morgan fingerprint density at radius 1 is 1.50 bits per heavy atom. The highest BCUT2D eigenvalue weighted by Gasteiger charge is 2.45. The lowest BCUT2D eigenvalue weighted by Gasteiger charge is -2.14. The van der Waals surface area contributed by atoms with E-state index in [2.05, 4.69) is 9.99 Å². The third kappa shape index (κ3) is 3.46. The van der Waals surface area contributed by atoms with Crippen molar-refractivity contribution in [3.05, 3.63) is 22.6 Å². The van der Waals surface area contributed by atoms with Gasteiger partial charge < -0.3 is 9.74 Å². The van der Waals surface area contributed by atoms with Crippen LogP contribution in [0.15, 0.2) is 22.9 Å². The Morgan fingerprint density at radius 2 is 2.23 bits per heavy atom. The summed E-state index contributed by atoms with van der Waals surface area (Å²) in [6.07, 6.45) is -3.31. The number of nitrogens with zero attached hydrogens (tertiary/aromatic N) is 3. The Kier molecular flexibility index (Phi) is 4.51. The van der Waals surface area contributed by atoms with Gasteiger partial charge in [0.05, 0.1) is 23.1 Å². The summed E-state index contributed by atoms with van der Waals surface area (Å²) >= 11 is 1.20. The molecule has 0 saturated heterocycles. The molecule has 0 fully saturated rings. The van der Waals surface area contributed by atoms with Crippen LogP contribution in [-0.4, -0.2) is 31.4 Å². The van der Waals surface area contributed by atoms with E-state index in [1.165, 1.54) is 11.3 Å². The van der Waals surface area contributed by atoms with Crippen molar-refractivity contribution in [1.82, 2.24) is 0 Å². The van der Waals surface area contributed by atoms with Crippen molar-refractivity contribution >= 4 is 34.1 Å². The molecule has 0 atom stereocenters. The van der Waals surface area contributed by atoms with E-state index in [1.807, 2.05) is 11.0 Å². The van der Waals surface area contributed by atoms with Gasteiger partial charge in [0.15, 0.2) is 5.71 Å². The smallest absolute Gasteiger partial charge is 0.365 e. The van der Waals surface area contributed by atoms with Crippen LogP contribution in [0, 0.1) is 11.3 Å². The van der Waals surface area contributed by atoms with Crippen LogP contribution in [0.2, 0.25) is 0 Å². The number of alkyl halides is 3. The number of rotatable bonds is 4. The second-order valence-corrected chi connectivity index (χ2v) is 5.47. The van der Waals surface area contributed by atoms with Crippen LogP contribution in [0.3, 0.4) is 0 Å². The first-order chi connectivity index (χ1) is 10.3. The van der Waals surface area contributed by atoms with Crippen molar-refractivity contribution in [2.75, 3.05) is 18.5 Å². The summed E-state index contributed by atoms with van der Waals surface area (Å²) in [5.41, 5.74) is -1.94. The zero-order valence-electron chi connectivity index (χ0n) is 11.3. The lowest BCUT2D eigenvalue weighted by Crippen LogP contribution is -2.24. The van der Waals surface area contributed by atoms with Crippen molar-refractivity contribution < 1.29 is 22.8 Å².